The average Bonchev–Trinajstić information content (AvgIpc) is 2.67. The van der Waals surface area contributed by atoms with Crippen molar-refractivity contribution in [3.8, 4) is 0 Å². The first-order valence-corrected chi connectivity index (χ1v) is 8.55. The molecule has 0 aliphatic carbocycles. The number of carbonyl (C=O) groups excluding carboxylic acids is 1. The number of nitrogens with one attached hydrogen (secondary N) is 1. The number of hydrazine groups is 1. The number of anilines is 2. The van der Waals surface area contributed by atoms with Gasteiger partial charge in [0.2, 0.25) is 5.91 Å². The summed E-state index contributed by atoms with van der Waals surface area (Å²) in [6, 6.07) is 25.2. The number of carbonyl (C=O) groups is 1. The first kappa shape index (κ1) is 16.1. The number of aromatic nitrogens is 1. The highest BCUT2D eigenvalue weighted by molar-refractivity contribution is 7.99. The van der Waals surface area contributed by atoms with E-state index in [1.165, 1.54) is 11.8 Å². The zero-order valence-electron chi connectivity index (χ0n) is 13.0. The summed E-state index contributed by atoms with van der Waals surface area (Å²) >= 11 is 1.41. The topological polar surface area (TPSA) is 45.2 Å². The monoisotopic (exact) mass is 335 g/mol. The van der Waals surface area contributed by atoms with Gasteiger partial charge in [0.1, 0.15) is 0 Å². The summed E-state index contributed by atoms with van der Waals surface area (Å²) in [5, 5.41) is 2.63. The minimum atomic E-state index is -0.0849. The zero-order chi connectivity index (χ0) is 16.6. The third-order valence-electron chi connectivity index (χ3n) is 3.25. The van der Waals surface area contributed by atoms with E-state index in [9.17, 15) is 4.79 Å². The molecule has 3 aromatic rings. The molecule has 1 aromatic heterocycles. The molecule has 2 aromatic carbocycles. The normalized spacial score (nSPS) is 10.2. The van der Waals surface area contributed by atoms with Crippen molar-refractivity contribution in [1.82, 2.24) is 10.4 Å². The van der Waals surface area contributed by atoms with Gasteiger partial charge in [-0.1, -0.05) is 54.2 Å². The van der Waals surface area contributed by atoms with Gasteiger partial charge in [-0.2, -0.15) is 0 Å². The molecule has 4 nitrogen and oxygen atoms in total. The maximum Gasteiger partial charge on any atom is 0.249 e. The van der Waals surface area contributed by atoms with Crippen molar-refractivity contribution in [2.75, 3.05) is 10.8 Å². The van der Waals surface area contributed by atoms with Crippen LogP contribution in [-0.2, 0) is 4.79 Å². The lowest BCUT2D eigenvalue weighted by atomic mass is 10.2. The molecular weight excluding hydrogens is 318 g/mol. The molecule has 0 spiro atoms. The van der Waals surface area contributed by atoms with E-state index in [1.807, 2.05) is 78.9 Å². The lowest BCUT2D eigenvalue weighted by Crippen LogP contribution is -2.39. The standard InChI is InChI=1S/C19H17N3OS/c23-18(15-24-19-13-7-8-14-20-19)21-22(16-9-3-1-4-10-16)17-11-5-2-6-12-17/h1-14H,15H2,(H,21,23). The Hall–Kier alpha value is -2.79. The van der Waals surface area contributed by atoms with Gasteiger partial charge in [0.25, 0.3) is 0 Å². The minimum absolute atomic E-state index is 0.0849. The van der Waals surface area contributed by atoms with Crippen LogP contribution in [0.2, 0.25) is 0 Å². The molecule has 0 unspecified atom stereocenters. The second kappa shape index (κ2) is 8.17. The van der Waals surface area contributed by atoms with Crippen LogP contribution in [0, 0.1) is 0 Å². The summed E-state index contributed by atoms with van der Waals surface area (Å²) in [5.41, 5.74) is 4.77. The number of rotatable bonds is 6. The Labute approximate surface area is 145 Å². The van der Waals surface area contributed by atoms with Gasteiger partial charge in [0.15, 0.2) is 0 Å². The Morgan fingerprint density at radius 1 is 0.875 bits per heavy atom. The average molecular weight is 335 g/mol. The second-order valence-corrected chi connectivity index (χ2v) is 5.99. The van der Waals surface area contributed by atoms with Crippen molar-refractivity contribution in [3.63, 3.8) is 0 Å². The van der Waals surface area contributed by atoms with Crippen molar-refractivity contribution < 1.29 is 4.79 Å². The quantitative estimate of drug-likeness (QED) is 0.545. The maximum absolute atomic E-state index is 12.4. The largest absolute Gasteiger partial charge is 0.272 e. The molecule has 0 saturated carbocycles. The molecule has 3 rings (SSSR count). The molecule has 120 valence electrons. The van der Waals surface area contributed by atoms with E-state index in [1.54, 1.807) is 11.2 Å². The Kier molecular flexibility index (Phi) is 5.48. The lowest BCUT2D eigenvalue weighted by Gasteiger charge is -2.25. The summed E-state index contributed by atoms with van der Waals surface area (Å²) < 4.78 is 0. The van der Waals surface area contributed by atoms with E-state index in [0.29, 0.717) is 5.75 Å². The molecule has 1 N–H and O–H groups in total. The smallest absolute Gasteiger partial charge is 0.249 e. The van der Waals surface area contributed by atoms with Gasteiger partial charge in [-0.15, -0.1) is 0 Å². The summed E-state index contributed by atoms with van der Waals surface area (Å²) in [6.45, 7) is 0. The summed E-state index contributed by atoms with van der Waals surface area (Å²) in [6.07, 6.45) is 1.72. The van der Waals surface area contributed by atoms with Crippen molar-refractivity contribution in [1.29, 1.82) is 0 Å². The fraction of sp³-hybridized carbons (Fsp3) is 0.0526. The number of pyridine rings is 1. The molecule has 0 atom stereocenters. The molecular formula is C19H17N3OS. The highest BCUT2D eigenvalue weighted by atomic mass is 32.2. The molecule has 1 heterocycles. The predicted molar refractivity (Wildman–Crippen MR) is 98.1 cm³/mol. The lowest BCUT2D eigenvalue weighted by molar-refractivity contribution is -0.118. The van der Waals surface area contributed by atoms with Crippen molar-refractivity contribution in [2.45, 2.75) is 5.03 Å². The Morgan fingerprint density at radius 2 is 1.46 bits per heavy atom. The van der Waals surface area contributed by atoms with Crippen LogP contribution in [0.5, 0.6) is 0 Å². The SMILES string of the molecule is O=C(CSc1ccccn1)NN(c1ccccc1)c1ccccc1. The van der Waals surface area contributed by atoms with E-state index in [2.05, 4.69) is 10.4 Å². The van der Waals surface area contributed by atoms with Gasteiger partial charge in [-0.3, -0.25) is 15.2 Å². The van der Waals surface area contributed by atoms with Crippen molar-refractivity contribution >= 4 is 29.0 Å². The number of benzene rings is 2. The van der Waals surface area contributed by atoms with Gasteiger partial charge >= 0.3 is 0 Å². The van der Waals surface area contributed by atoms with Crippen LogP contribution in [0.25, 0.3) is 0 Å². The highest BCUT2D eigenvalue weighted by Crippen LogP contribution is 2.23. The number of thioether (sulfide) groups is 1. The predicted octanol–water partition coefficient (Wildman–Crippen LogP) is 4.04. The number of hydrogen-bond donors (Lipinski definition) is 1. The molecule has 5 heteroatoms. The van der Waals surface area contributed by atoms with Crippen LogP contribution in [-0.4, -0.2) is 16.6 Å². The number of hydrogen-bond acceptors (Lipinski definition) is 4. The molecule has 0 fully saturated rings. The molecule has 0 aliphatic rings. The van der Waals surface area contributed by atoms with Crippen LogP contribution < -0.4 is 10.4 Å². The van der Waals surface area contributed by atoms with Crippen LogP contribution in [0.4, 0.5) is 11.4 Å². The van der Waals surface area contributed by atoms with Gasteiger partial charge < -0.3 is 0 Å². The minimum Gasteiger partial charge on any atom is -0.272 e. The van der Waals surface area contributed by atoms with Gasteiger partial charge in [0, 0.05) is 6.20 Å². The molecule has 24 heavy (non-hydrogen) atoms. The number of amides is 1. The van der Waals surface area contributed by atoms with E-state index < -0.39 is 0 Å². The zero-order valence-corrected chi connectivity index (χ0v) is 13.8. The maximum atomic E-state index is 12.4. The van der Waals surface area contributed by atoms with Crippen LogP contribution in [0.3, 0.4) is 0 Å². The second-order valence-electron chi connectivity index (χ2n) is 5.00. The molecule has 0 bridgehead atoms. The van der Waals surface area contributed by atoms with E-state index in [-0.39, 0.29) is 5.91 Å². The number of para-hydroxylation sites is 2. The summed E-state index contributed by atoms with van der Waals surface area (Å²) in [5.74, 6) is 0.214. The first-order chi connectivity index (χ1) is 11.8. The molecule has 0 radical (unpaired) electrons. The Balaban J connectivity index is 1.71. The van der Waals surface area contributed by atoms with Crippen LogP contribution in [0.1, 0.15) is 0 Å². The molecule has 0 aliphatic heterocycles. The van der Waals surface area contributed by atoms with Crippen molar-refractivity contribution in [2.24, 2.45) is 0 Å². The third-order valence-corrected chi connectivity index (χ3v) is 4.20. The molecule has 0 saturated heterocycles. The Morgan fingerprint density at radius 3 is 2.00 bits per heavy atom. The van der Waals surface area contributed by atoms with Crippen LogP contribution >= 0.6 is 11.8 Å². The summed E-state index contributed by atoms with van der Waals surface area (Å²) in [4.78, 5) is 16.6. The third kappa shape index (κ3) is 4.36. The van der Waals surface area contributed by atoms with Gasteiger partial charge in [-0.05, 0) is 36.4 Å². The Bertz CT molecular complexity index is 727. The summed E-state index contributed by atoms with van der Waals surface area (Å²) in [7, 11) is 0. The molecule has 1 amide bonds. The van der Waals surface area contributed by atoms with E-state index in [4.69, 9.17) is 0 Å². The number of nitrogens with zero attached hydrogens (tertiary/aromatic N) is 2. The fourth-order valence-electron chi connectivity index (χ4n) is 2.16. The van der Waals surface area contributed by atoms with Crippen molar-refractivity contribution in [3.05, 3.63) is 85.1 Å². The van der Waals surface area contributed by atoms with E-state index in [0.717, 1.165) is 16.4 Å². The van der Waals surface area contributed by atoms with Crippen LogP contribution in [0.15, 0.2) is 90.1 Å². The van der Waals surface area contributed by atoms with E-state index >= 15 is 0 Å². The first-order valence-electron chi connectivity index (χ1n) is 7.56. The fourth-order valence-corrected chi connectivity index (χ4v) is 2.81. The highest BCUT2D eigenvalue weighted by Gasteiger charge is 2.12. The van der Waals surface area contributed by atoms with Gasteiger partial charge in [0.05, 0.1) is 22.2 Å². The van der Waals surface area contributed by atoms with Gasteiger partial charge in [-0.25, -0.2) is 4.98 Å².